The van der Waals surface area contributed by atoms with Gasteiger partial charge in [-0.2, -0.15) is 0 Å². The summed E-state index contributed by atoms with van der Waals surface area (Å²) in [4.78, 5) is 7.83. The number of fused-ring (bicyclic) bond motifs is 6. The molecule has 0 saturated heterocycles. The smallest absolute Gasteiger partial charge is 0.264 e. The lowest BCUT2D eigenvalue weighted by molar-refractivity contribution is 0.403. The lowest BCUT2D eigenvalue weighted by Gasteiger charge is -2.46. The fourth-order valence-corrected chi connectivity index (χ4v) is 12.4. The Labute approximate surface area is 381 Å². The predicted octanol–water partition coefficient (Wildman–Crippen LogP) is 14.9. The molecular weight excluding hydrogens is 782 g/mol. The van der Waals surface area contributed by atoms with Crippen molar-refractivity contribution in [2.75, 3.05) is 14.7 Å². The molecule has 0 amide bonds. The van der Waals surface area contributed by atoms with Crippen molar-refractivity contribution in [3.8, 4) is 0 Å². The molecule has 0 spiro atoms. The molecular formula is C58H62BN3S. The van der Waals surface area contributed by atoms with E-state index in [0.717, 1.165) is 12.8 Å². The topological polar surface area (TPSA) is 9.72 Å². The summed E-state index contributed by atoms with van der Waals surface area (Å²) >= 11 is 2.04. The molecule has 3 nitrogen and oxygen atoms in total. The highest BCUT2D eigenvalue weighted by molar-refractivity contribution is 7.33. The van der Waals surface area contributed by atoms with Crippen LogP contribution in [0, 0.1) is 6.92 Å². The number of benzene rings is 5. The number of thiophene rings is 1. The summed E-state index contributed by atoms with van der Waals surface area (Å²) in [6, 6.07) is 40.1. The van der Waals surface area contributed by atoms with Crippen LogP contribution in [0.5, 0.6) is 0 Å². The summed E-state index contributed by atoms with van der Waals surface area (Å²) < 4.78 is 2.86. The van der Waals surface area contributed by atoms with Crippen molar-refractivity contribution in [3.05, 3.63) is 178 Å². The second-order valence-electron chi connectivity index (χ2n) is 20.3. The first-order valence-corrected chi connectivity index (χ1v) is 24.2. The van der Waals surface area contributed by atoms with E-state index in [4.69, 9.17) is 0 Å². The summed E-state index contributed by atoms with van der Waals surface area (Å²) in [5.74, 6) is 0.532. The van der Waals surface area contributed by atoms with Crippen molar-refractivity contribution < 1.29 is 0 Å². The maximum atomic E-state index is 2.65. The SMILES string of the molecule is C/C=C\C=C(/C)N(c1ccccc1)C1C=CC2=C(C1)N(c1ccc(CC)cc1)c1cc(C)cc3c1B2c1sc2cc4c(cc2c1N3c1ccc(C(C)(C)C)cc1)C(C)CCC4(C)C. The van der Waals surface area contributed by atoms with Crippen molar-refractivity contribution in [2.45, 2.75) is 118 Å². The number of hydrogen-bond donors (Lipinski definition) is 0. The quantitative estimate of drug-likeness (QED) is 0.117. The third-order valence-corrected chi connectivity index (χ3v) is 15.8. The third kappa shape index (κ3) is 6.94. The number of anilines is 6. The second kappa shape index (κ2) is 15.6. The minimum Gasteiger partial charge on any atom is -0.338 e. The molecule has 0 saturated carbocycles. The van der Waals surface area contributed by atoms with Crippen LogP contribution in [0.3, 0.4) is 0 Å². The van der Waals surface area contributed by atoms with E-state index in [2.05, 4.69) is 217 Å². The molecule has 1 aromatic heterocycles. The lowest BCUT2D eigenvalue weighted by atomic mass is 9.35. The van der Waals surface area contributed by atoms with Crippen LogP contribution in [0.2, 0.25) is 0 Å². The Balaban J connectivity index is 1.25. The van der Waals surface area contributed by atoms with Gasteiger partial charge in [0.25, 0.3) is 6.71 Å². The van der Waals surface area contributed by atoms with Crippen LogP contribution >= 0.6 is 11.3 Å². The van der Waals surface area contributed by atoms with Gasteiger partial charge in [0, 0.05) is 61.1 Å². The number of aryl methyl sites for hydroxylation is 2. The average Bonchev–Trinajstić information content (AvgIpc) is 3.65. The number of para-hydroxylation sites is 1. The van der Waals surface area contributed by atoms with Crippen LogP contribution in [-0.4, -0.2) is 12.8 Å². The predicted molar refractivity (Wildman–Crippen MR) is 276 cm³/mol. The van der Waals surface area contributed by atoms with Crippen LogP contribution in [0.1, 0.15) is 115 Å². The zero-order chi connectivity index (χ0) is 43.9. The molecule has 0 N–H and O–H groups in total. The Morgan fingerprint density at radius 1 is 0.905 bits per heavy atom. The van der Waals surface area contributed by atoms with Gasteiger partial charge in [0.1, 0.15) is 0 Å². The molecule has 6 aromatic rings. The van der Waals surface area contributed by atoms with Gasteiger partial charge in [-0.15, -0.1) is 11.3 Å². The van der Waals surface area contributed by atoms with Gasteiger partial charge < -0.3 is 14.7 Å². The number of nitrogens with zero attached hydrogens (tertiary/aromatic N) is 3. The van der Waals surface area contributed by atoms with Crippen LogP contribution in [-0.2, 0) is 17.3 Å². The summed E-state index contributed by atoms with van der Waals surface area (Å²) in [6.45, 7) is 23.3. The average molecular weight is 844 g/mol. The monoisotopic (exact) mass is 843 g/mol. The van der Waals surface area contributed by atoms with Crippen LogP contribution in [0.25, 0.3) is 10.1 Å². The molecule has 10 rings (SSSR count). The highest BCUT2D eigenvalue weighted by atomic mass is 32.1. The normalized spacial score (nSPS) is 19.1. The van der Waals surface area contributed by atoms with Gasteiger partial charge in [-0.3, -0.25) is 0 Å². The lowest BCUT2D eigenvalue weighted by Crippen LogP contribution is -2.56. The second-order valence-corrected chi connectivity index (χ2v) is 21.4. The Morgan fingerprint density at radius 3 is 2.27 bits per heavy atom. The van der Waals surface area contributed by atoms with Crippen molar-refractivity contribution in [2.24, 2.45) is 0 Å². The number of rotatable bonds is 7. The maximum absolute atomic E-state index is 2.65. The molecule has 0 radical (unpaired) electrons. The van der Waals surface area contributed by atoms with Crippen molar-refractivity contribution in [1.82, 2.24) is 0 Å². The Morgan fingerprint density at radius 2 is 1.59 bits per heavy atom. The van der Waals surface area contributed by atoms with Gasteiger partial charge in [0.2, 0.25) is 0 Å². The summed E-state index contributed by atoms with van der Waals surface area (Å²) in [6.07, 6.45) is 15.9. The van der Waals surface area contributed by atoms with Gasteiger partial charge in [-0.1, -0.05) is 115 Å². The van der Waals surface area contributed by atoms with Gasteiger partial charge in [-0.05, 0) is 162 Å². The van der Waals surface area contributed by atoms with Gasteiger partial charge >= 0.3 is 0 Å². The standard InChI is InChI=1S/C58H62BN3S/c1-11-13-17-39(5)60(42-18-15-14-16-19-42)45-28-29-49-50(34-45)61(43-24-20-40(12-2)21-25-43)51-32-37(3)33-52-54(51)59(49)56-55(62(52)44-26-22-41(23-27-44)57(6,7)8)47-35-46-38(4)30-31-58(9,10)48(46)36-53(47)63-56/h11,13-29,32-33,35-36,38,45H,12,30-31,34H2,1-10H3/b13-11-,39-17+. The van der Waals surface area contributed by atoms with E-state index < -0.39 is 0 Å². The largest absolute Gasteiger partial charge is 0.338 e. The molecule has 318 valence electrons. The van der Waals surface area contributed by atoms with E-state index in [0.29, 0.717) is 5.92 Å². The summed E-state index contributed by atoms with van der Waals surface area (Å²) in [5, 5.41) is 1.39. The van der Waals surface area contributed by atoms with E-state index in [1.807, 2.05) is 11.3 Å². The summed E-state index contributed by atoms with van der Waals surface area (Å²) in [7, 11) is 0. The number of allylic oxidation sites excluding steroid dienone is 6. The molecule has 3 heterocycles. The summed E-state index contributed by atoms with van der Waals surface area (Å²) in [5.41, 5.74) is 20.3. The highest BCUT2D eigenvalue weighted by Gasteiger charge is 2.47. The Hall–Kier alpha value is -5.52. The fourth-order valence-electron chi connectivity index (χ4n) is 11.0. The minimum atomic E-state index is 0.0647. The molecule has 2 atom stereocenters. The first-order valence-electron chi connectivity index (χ1n) is 23.4. The highest BCUT2D eigenvalue weighted by Crippen LogP contribution is 2.53. The third-order valence-electron chi connectivity index (χ3n) is 14.5. The Bertz CT molecular complexity index is 2870. The first-order chi connectivity index (χ1) is 30.3. The molecule has 2 aliphatic heterocycles. The Kier molecular flexibility index (Phi) is 10.3. The van der Waals surface area contributed by atoms with E-state index >= 15 is 0 Å². The van der Waals surface area contributed by atoms with Crippen LogP contribution < -0.4 is 24.9 Å². The zero-order valence-electron chi connectivity index (χ0n) is 39.0. The molecule has 5 heteroatoms. The molecule has 2 unspecified atom stereocenters. The van der Waals surface area contributed by atoms with Crippen LogP contribution in [0.4, 0.5) is 34.1 Å². The molecule has 2 aliphatic carbocycles. The maximum Gasteiger partial charge on any atom is 0.264 e. The fraction of sp³-hybridized carbons (Fsp3) is 0.310. The van der Waals surface area contributed by atoms with E-state index in [9.17, 15) is 0 Å². The van der Waals surface area contributed by atoms with Gasteiger partial charge in [0.15, 0.2) is 0 Å². The van der Waals surface area contributed by atoms with E-state index in [-0.39, 0.29) is 23.6 Å². The van der Waals surface area contributed by atoms with Gasteiger partial charge in [-0.25, -0.2) is 0 Å². The van der Waals surface area contributed by atoms with Crippen molar-refractivity contribution in [1.29, 1.82) is 0 Å². The molecule has 4 aliphatic rings. The number of hydrogen-bond acceptors (Lipinski definition) is 4. The minimum absolute atomic E-state index is 0.0647. The van der Waals surface area contributed by atoms with Crippen molar-refractivity contribution >= 4 is 72.5 Å². The van der Waals surface area contributed by atoms with Crippen molar-refractivity contribution in [3.63, 3.8) is 0 Å². The molecule has 0 bridgehead atoms. The zero-order valence-corrected chi connectivity index (χ0v) is 39.8. The molecule has 63 heavy (non-hydrogen) atoms. The van der Waals surface area contributed by atoms with E-state index in [1.165, 1.54) is 112 Å². The van der Waals surface area contributed by atoms with E-state index in [1.54, 1.807) is 0 Å². The van der Waals surface area contributed by atoms with Crippen LogP contribution in [0.15, 0.2) is 150 Å². The molecule has 0 fully saturated rings. The first kappa shape index (κ1) is 41.5. The van der Waals surface area contributed by atoms with Gasteiger partial charge in [0.05, 0.1) is 11.7 Å². The molecule has 5 aromatic carbocycles.